The number of amides is 2. The average molecular weight is 731 g/mol. The van der Waals surface area contributed by atoms with Gasteiger partial charge in [0.25, 0.3) is 11.8 Å². The first kappa shape index (κ1) is 36.5. The van der Waals surface area contributed by atoms with E-state index >= 15 is 4.39 Å². The van der Waals surface area contributed by atoms with Crippen LogP contribution in [0.25, 0.3) is 11.3 Å². The number of carbonyl (C=O) groups is 2. The first-order valence-electron chi connectivity index (χ1n) is 17.9. The lowest BCUT2D eigenvalue weighted by molar-refractivity contribution is 0.0201. The Morgan fingerprint density at radius 2 is 1.69 bits per heavy atom. The van der Waals surface area contributed by atoms with Crippen LogP contribution in [0.4, 0.5) is 15.8 Å². The molecule has 5 aromatic rings. The molecule has 0 spiro atoms. The number of aromatic hydroxyl groups is 1. The summed E-state index contributed by atoms with van der Waals surface area (Å²) in [6.07, 6.45) is 0.677. The molecule has 1 unspecified atom stereocenters. The van der Waals surface area contributed by atoms with E-state index in [0.717, 1.165) is 18.7 Å². The zero-order chi connectivity index (χ0) is 38.3. The van der Waals surface area contributed by atoms with Crippen molar-refractivity contribution in [2.75, 3.05) is 51.4 Å². The highest BCUT2D eigenvalue weighted by atomic mass is 19.1. The maximum Gasteiger partial charge on any atom is 0.264 e. The summed E-state index contributed by atoms with van der Waals surface area (Å²) < 4.78 is 30.2. The Kier molecular flexibility index (Phi) is 10.0. The van der Waals surface area contributed by atoms with Gasteiger partial charge in [-0.05, 0) is 79.9 Å². The van der Waals surface area contributed by atoms with Crippen molar-refractivity contribution >= 4 is 23.2 Å². The van der Waals surface area contributed by atoms with Crippen LogP contribution in [0.1, 0.15) is 55.0 Å². The van der Waals surface area contributed by atoms with Crippen LogP contribution in [0.15, 0.2) is 72.8 Å². The van der Waals surface area contributed by atoms with Crippen LogP contribution >= 0.6 is 0 Å². The molecule has 3 aromatic carbocycles. The summed E-state index contributed by atoms with van der Waals surface area (Å²) >= 11 is 0. The molecule has 11 nitrogen and oxygen atoms in total. The Labute approximate surface area is 314 Å². The molecule has 0 saturated carbocycles. The van der Waals surface area contributed by atoms with Crippen LogP contribution in [0.3, 0.4) is 0 Å². The second-order valence-corrected chi connectivity index (χ2v) is 13.8. The van der Waals surface area contributed by atoms with Crippen molar-refractivity contribution in [3.8, 4) is 28.8 Å². The molecule has 1 saturated heterocycles. The lowest BCUT2D eigenvalue weighted by Crippen LogP contribution is -2.47. The number of fused-ring (bicyclic) bond motifs is 1. The minimum Gasteiger partial charge on any atom is -0.508 e. The number of rotatable bonds is 8. The number of carbonyl (C=O) groups excluding carboxylic acids is 2. The van der Waals surface area contributed by atoms with Crippen molar-refractivity contribution in [1.82, 2.24) is 18.9 Å². The number of benzene rings is 3. The normalized spacial score (nSPS) is 15.8. The first-order chi connectivity index (χ1) is 26.0. The largest absolute Gasteiger partial charge is 0.508 e. The van der Waals surface area contributed by atoms with Crippen LogP contribution in [0, 0.1) is 31.0 Å². The molecule has 12 heteroatoms. The summed E-state index contributed by atoms with van der Waals surface area (Å²) in [7, 11) is 4.91. The third-order valence-electron chi connectivity index (χ3n) is 10.9. The van der Waals surface area contributed by atoms with E-state index in [9.17, 15) is 20.0 Å². The number of methoxy groups -OCH3 is 1. The predicted octanol–water partition coefficient (Wildman–Crippen LogP) is 6.42. The fourth-order valence-corrected chi connectivity index (χ4v) is 7.65. The van der Waals surface area contributed by atoms with Gasteiger partial charge in [0, 0.05) is 68.6 Å². The smallest absolute Gasteiger partial charge is 0.264 e. The van der Waals surface area contributed by atoms with Gasteiger partial charge in [-0.1, -0.05) is 24.3 Å². The Morgan fingerprint density at radius 3 is 2.37 bits per heavy atom. The molecule has 0 aliphatic carbocycles. The first-order valence-corrected chi connectivity index (χ1v) is 17.9. The summed E-state index contributed by atoms with van der Waals surface area (Å²) in [5, 5.41) is 19.8. The van der Waals surface area contributed by atoms with Gasteiger partial charge in [-0.3, -0.25) is 19.4 Å². The van der Waals surface area contributed by atoms with E-state index in [4.69, 9.17) is 9.47 Å². The monoisotopic (exact) mass is 730 g/mol. The summed E-state index contributed by atoms with van der Waals surface area (Å²) in [5.41, 5.74) is 6.26. The van der Waals surface area contributed by atoms with Gasteiger partial charge in [-0.25, -0.2) is 4.39 Å². The highest BCUT2D eigenvalue weighted by Gasteiger charge is 2.35. The lowest BCUT2D eigenvalue weighted by Gasteiger charge is -2.41. The van der Waals surface area contributed by atoms with Gasteiger partial charge in [0.1, 0.15) is 17.5 Å². The molecule has 7 rings (SSSR count). The second-order valence-electron chi connectivity index (χ2n) is 13.8. The molecule has 1 atom stereocenters. The fraction of sp³-hybridized carbons (Fsp3) is 0.310. The van der Waals surface area contributed by atoms with Crippen molar-refractivity contribution in [2.24, 2.45) is 14.1 Å². The molecular weight excluding hydrogens is 687 g/mol. The topological polar surface area (TPSA) is 116 Å². The van der Waals surface area contributed by atoms with Gasteiger partial charge in [-0.15, -0.1) is 0 Å². The van der Waals surface area contributed by atoms with Crippen molar-refractivity contribution in [1.29, 1.82) is 5.26 Å². The summed E-state index contributed by atoms with van der Waals surface area (Å²) in [6.45, 7) is 7.50. The van der Waals surface area contributed by atoms with Crippen LogP contribution in [-0.2, 0) is 25.3 Å². The number of morpholine rings is 1. The molecule has 2 aliphatic heterocycles. The van der Waals surface area contributed by atoms with Gasteiger partial charge in [0.05, 0.1) is 43.2 Å². The number of nitriles is 1. The minimum atomic E-state index is -0.640. The van der Waals surface area contributed by atoms with Crippen molar-refractivity contribution < 1.29 is 28.6 Å². The number of aromatic nitrogens is 2. The van der Waals surface area contributed by atoms with Crippen molar-refractivity contribution in [2.45, 2.75) is 26.3 Å². The number of anilines is 2. The van der Waals surface area contributed by atoms with E-state index in [0.29, 0.717) is 78.0 Å². The number of hydrogen-bond acceptors (Lipinski definition) is 7. The standard InChI is InChI=1S/C42H43FN6O5/c1-26-33(42(52)49(29-10-12-31(50)13-11-29)37-20-30(24-44)45(3)27(37)2)22-38(46(26)4)34-21-36(43)40(53-5)23-35(34)41(51)48-15-14-28-8-6-7-9-32(28)39(48)25-47-16-18-54-19-17-47/h6-13,20-23,39,50H,14-19,25H2,1-5H3. The number of hydrogen-bond donors (Lipinski definition) is 1. The maximum absolute atomic E-state index is 15.7. The Hall–Kier alpha value is -5.90. The third kappa shape index (κ3) is 6.50. The van der Waals surface area contributed by atoms with Gasteiger partial charge >= 0.3 is 0 Å². The van der Waals surface area contributed by atoms with Gasteiger partial charge in [-0.2, -0.15) is 5.26 Å². The molecule has 1 fully saturated rings. The van der Waals surface area contributed by atoms with E-state index in [1.807, 2.05) is 24.0 Å². The molecule has 0 bridgehead atoms. The molecule has 1 N–H and O–H groups in total. The van der Waals surface area contributed by atoms with E-state index in [1.54, 1.807) is 54.4 Å². The number of phenols is 1. The quantitative estimate of drug-likeness (QED) is 0.196. The van der Waals surface area contributed by atoms with E-state index in [1.165, 1.54) is 41.8 Å². The lowest BCUT2D eigenvalue weighted by atomic mass is 9.90. The van der Waals surface area contributed by atoms with Crippen LogP contribution in [0.5, 0.6) is 11.5 Å². The molecule has 2 aliphatic rings. The second kappa shape index (κ2) is 14.9. The van der Waals surface area contributed by atoms with E-state index in [-0.39, 0.29) is 29.0 Å². The Balaban J connectivity index is 1.33. The van der Waals surface area contributed by atoms with Crippen LogP contribution in [0.2, 0.25) is 0 Å². The predicted molar refractivity (Wildman–Crippen MR) is 203 cm³/mol. The molecule has 278 valence electrons. The van der Waals surface area contributed by atoms with Crippen molar-refractivity contribution in [3.63, 3.8) is 0 Å². The SMILES string of the molecule is COc1cc(C(=O)N2CCc3ccccc3C2CN2CCOCC2)c(-c2cc(C(=O)N(c3ccc(O)cc3)c3cc(C#N)n(C)c3C)c(C)n2C)cc1F. The molecular formula is C42H43FN6O5. The number of ether oxygens (including phenoxy) is 2. The average Bonchev–Trinajstić information content (AvgIpc) is 3.64. The molecule has 54 heavy (non-hydrogen) atoms. The molecule has 0 radical (unpaired) electrons. The Bertz CT molecular complexity index is 2280. The minimum absolute atomic E-state index is 0.0370. The fourth-order valence-electron chi connectivity index (χ4n) is 7.65. The number of nitrogens with zero attached hydrogens (tertiary/aromatic N) is 6. The maximum atomic E-state index is 15.7. The van der Waals surface area contributed by atoms with Gasteiger partial charge in [0.2, 0.25) is 0 Å². The van der Waals surface area contributed by atoms with Crippen LogP contribution in [-0.4, -0.2) is 82.4 Å². The molecule has 4 heterocycles. The highest BCUT2D eigenvalue weighted by molar-refractivity contribution is 6.13. The van der Waals surface area contributed by atoms with E-state index in [2.05, 4.69) is 23.1 Å². The van der Waals surface area contributed by atoms with Crippen molar-refractivity contribution in [3.05, 3.63) is 118 Å². The Morgan fingerprint density at radius 1 is 0.963 bits per heavy atom. The number of phenolic OH excluding ortho intramolecular Hbond substituents is 1. The summed E-state index contributed by atoms with van der Waals surface area (Å²) in [5.74, 6) is -1.33. The van der Waals surface area contributed by atoms with Crippen LogP contribution < -0.4 is 9.64 Å². The summed E-state index contributed by atoms with van der Waals surface area (Å²) in [6, 6.07) is 22.5. The molecule has 2 aromatic heterocycles. The molecule has 2 amide bonds. The number of halogens is 1. The third-order valence-corrected chi connectivity index (χ3v) is 10.9. The van der Waals surface area contributed by atoms with Gasteiger partial charge in [0.15, 0.2) is 11.6 Å². The summed E-state index contributed by atoms with van der Waals surface area (Å²) in [4.78, 5) is 35.4. The highest BCUT2D eigenvalue weighted by Crippen LogP contribution is 2.39. The zero-order valence-electron chi connectivity index (χ0n) is 31.1. The van der Waals surface area contributed by atoms with Gasteiger partial charge < -0.3 is 28.6 Å². The van der Waals surface area contributed by atoms with E-state index < -0.39 is 11.7 Å². The zero-order valence-corrected chi connectivity index (χ0v) is 31.1.